The van der Waals surface area contributed by atoms with Gasteiger partial charge in [-0.15, -0.1) is 11.3 Å². The third kappa shape index (κ3) is 3.25. The Morgan fingerprint density at radius 3 is 2.71 bits per heavy atom. The van der Waals surface area contributed by atoms with E-state index in [9.17, 15) is 9.59 Å². The molecule has 1 amide bonds. The van der Waals surface area contributed by atoms with E-state index in [1.165, 1.54) is 4.88 Å². The molecular weight excluding hydrogens is 412 g/mol. The van der Waals surface area contributed by atoms with Crippen molar-refractivity contribution in [2.45, 2.75) is 52.1 Å². The molecule has 1 saturated carbocycles. The average Bonchev–Trinajstić information content (AvgIpc) is 3.27. The van der Waals surface area contributed by atoms with E-state index in [1.807, 2.05) is 6.92 Å². The van der Waals surface area contributed by atoms with E-state index in [0.29, 0.717) is 22.4 Å². The molecule has 2 heterocycles. The minimum atomic E-state index is -0.177. The van der Waals surface area contributed by atoms with Crippen LogP contribution in [0.4, 0.5) is 5.13 Å². The molecule has 0 spiro atoms. The molecule has 1 aromatic carbocycles. The molecule has 2 aliphatic carbocycles. The maximum atomic E-state index is 12.7. The number of hydrogen-bond acceptors (Lipinski definition) is 6. The lowest BCUT2D eigenvalue weighted by molar-refractivity contribution is -0.149. The van der Waals surface area contributed by atoms with E-state index in [1.54, 1.807) is 42.7 Å². The van der Waals surface area contributed by atoms with Gasteiger partial charge in [0.25, 0.3) is 5.91 Å². The summed E-state index contributed by atoms with van der Waals surface area (Å²) in [4.78, 5) is 31.1. The first-order valence-electron chi connectivity index (χ1n) is 11.0. The Kier molecular flexibility index (Phi) is 4.84. The van der Waals surface area contributed by atoms with E-state index in [2.05, 4.69) is 19.2 Å². The van der Waals surface area contributed by atoms with Crippen molar-refractivity contribution in [1.29, 1.82) is 0 Å². The molecule has 2 fully saturated rings. The van der Waals surface area contributed by atoms with E-state index in [0.717, 1.165) is 25.0 Å². The second kappa shape index (κ2) is 7.33. The Bertz CT molecular complexity index is 1030. The molecule has 0 radical (unpaired) electrons. The van der Waals surface area contributed by atoms with Crippen molar-refractivity contribution in [3.05, 3.63) is 40.4 Å². The van der Waals surface area contributed by atoms with Gasteiger partial charge < -0.3 is 9.47 Å². The number of nitrogens with zero attached hydrogens (tertiary/aromatic N) is 1. The molecule has 1 saturated heterocycles. The van der Waals surface area contributed by atoms with Gasteiger partial charge >= 0.3 is 5.97 Å². The highest BCUT2D eigenvalue weighted by Gasteiger charge is 2.58. The molecular formula is C24H28N2O4S. The Labute approximate surface area is 186 Å². The fourth-order valence-electron chi connectivity index (χ4n) is 6.04. The summed E-state index contributed by atoms with van der Waals surface area (Å²) in [5.41, 5.74) is 1.70. The number of fused-ring (bicyclic) bond motifs is 4. The van der Waals surface area contributed by atoms with Crippen LogP contribution in [0.15, 0.2) is 24.3 Å². The van der Waals surface area contributed by atoms with Crippen molar-refractivity contribution >= 4 is 28.3 Å². The second-order valence-corrected chi connectivity index (χ2v) is 10.6. The molecule has 2 aromatic rings. The minimum absolute atomic E-state index is 0.0158. The van der Waals surface area contributed by atoms with Gasteiger partial charge in [0.15, 0.2) is 5.13 Å². The van der Waals surface area contributed by atoms with E-state index < -0.39 is 0 Å². The van der Waals surface area contributed by atoms with Crippen molar-refractivity contribution in [3.8, 4) is 5.75 Å². The topological polar surface area (TPSA) is 77.5 Å². The minimum Gasteiger partial charge on any atom is -0.497 e. The number of benzene rings is 1. The maximum absolute atomic E-state index is 12.7. The summed E-state index contributed by atoms with van der Waals surface area (Å²) in [6.07, 6.45) is 3.02. The number of hydrogen-bond donors (Lipinski definition) is 1. The first kappa shape index (κ1) is 20.5. The summed E-state index contributed by atoms with van der Waals surface area (Å²) in [5.74, 6) is 1.22. The molecule has 164 valence electrons. The van der Waals surface area contributed by atoms with Gasteiger partial charge in [0, 0.05) is 28.2 Å². The molecule has 0 unspecified atom stereocenters. The maximum Gasteiger partial charge on any atom is 0.309 e. The fraction of sp³-hybridized carbons (Fsp3) is 0.542. The van der Waals surface area contributed by atoms with Gasteiger partial charge in [-0.2, -0.15) is 0 Å². The van der Waals surface area contributed by atoms with Crippen LogP contribution < -0.4 is 10.1 Å². The van der Waals surface area contributed by atoms with Crippen LogP contribution in [-0.4, -0.2) is 30.1 Å². The average molecular weight is 441 g/mol. The second-order valence-electron chi connectivity index (χ2n) is 9.55. The zero-order valence-corrected chi connectivity index (χ0v) is 19.1. The standard InChI is InChI=1S/C24H28N2O4S/c1-12-16-9-10-24(3)11-17-19(13(2)18(24)20(16)30-22(12)28)25-23(31-17)26-21(27)14-5-7-15(29-4)8-6-14/h5-8,12-13,16,18,20H,9-11H2,1-4H3,(H,25,26,27)/t12-,13-,16-,18+,20-,24-/m0/s1. The van der Waals surface area contributed by atoms with Crippen LogP contribution in [0.25, 0.3) is 0 Å². The smallest absolute Gasteiger partial charge is 0.309 e. The summed E-state index contributed by atoms with van der Waals surface area (Å²) in [5, 5.41) is 3.60. The zero-order chi connectivity index (χ0) is 21.9. The third-order valence-corrected chi connectivity index (χ3v) is 8.72. The van der Waals surface area contributed by atoms with Crippen LogP contribution in [0.2, 0.25) is 0 Å². The van der Waals surface area contributed by atoms with Gasteiger partial charge in [-0.3, -0.25) is 14.9 Å². The number of aromatic nitrogens is 1. The summed E-state index contributed by atoms with van der Waals surface area (Å²) >= 11 is 1.57. The number of carbonyl (C=O) groups is 2. The number of rotatable bonds is 3. The van der Waals surface area contributed by atoms with E-state index in [-0.39, 0.29) is 41.1 Å². The van der Waals surface area contributed by atoms with Crippen molar-refractivity contribution in [3.63, 3.8) is 0 Å². The lowest BCUT2D eigenvalue weighted by Crippen LogP contribution is -2.50. The molecule has 6 nitrogen and oxygen atoms in total. The lowest BCUT2D eigenvalue weighted by atomic mass is 9.54. The Hall–Kier alpha value is -2.41. The molecule has 6 atom stereocenters. The number of carbonyl (C=O) groups excluding carboxylic acids is 2. The number of anilines is 1. The highest BCUT2D eigenvalue weighted by molar-refractivity contribution is 7.15. The Balaban J connectivity index is 1.40. The number of esters is 1. The highest BCUT2D eigenvalue weighted by atomic mass is 32.1. The van der Waals surface area contributed by atoms with Gasteiger partial charge in [0.05, 0.1) is 18.7 Å². The van der Waals surface area contributed by atoms with Gasteiger partial charge in [0.2, 0.25) is 0 Å². The van der Waals surface area contributed by atoms with Crippen LogP contribution in [0, 0.1) is 23.2 Å². The molecule has 3 aliphatic rings. The van der Waals surface area contributed by atoms with Crippen molar-refractivity contribution < 1.29 is 19.1 Å². The SMILES string of the molecule is COc1ccc(C(=O)Nc2nc3c(s2)C[C@]2(C)CC[C@@H]4[C@H](OC(=O)[C@H]4C)[C@H]2[C@@H]3C)cc1. The Morgan fingerprint density at radius 1 is 1.26 bits per heavy atom. The van der Waals surface area contributed by atoms with Gasteiger partial charge in [-0.05, 0) is 48.9 Å². The fourth-order valence-corrected chi connectivity index (χ4v) is 7.30. The number of thiazole rings is 1. The summed E-state index contributed by atoms with van der Waals surface area (Å²) in [6.45, 7) is 6.54. The predicted octanol–water partition coefficient (Wildman–Crippen LogP) is 4.66. The third-order valence-electron chi connectivity index (χ3n) is 7.73. The van der Waals surface area contributed by atoms with Gasteiger partial charge in [0.1, 0.15) is 11.9 Å². The normalized spacial score (nSPS) is 33.7. The van der Waals surface area contributed by atoms with Crippen LogP contribution in [0.3, 0.4) is 0 Å². The van der Waals surface area contributed by atoms with E-state index >= 15 is 0 Å². The van der Waals surface area contributed by atoms with Crippen LogP contribution >= 0.6 is 11.3 Å². The van der Waals surface area contributed by atoms with Gasteiger partial charge in [-0.1, -0.05) is 20.8 Å². The number of ether oxygens (including phenoxy) is 2. The van der Waals surface area contributed by atoms with Crippen molar-refractivity contribution in [2.75, 3.05) is 12.4 Å². The number of nitrogens with one attached hydrogen (secondary N) is 1. The summed E-state index contributed by atoms with van der Waals surface area (Å²) < 4.78 is 11.1. The van der Waals surface area contributed by atoms with Crippen LogP contribution in [-0.2, 0) is 16.0 Å². The van der Waals surface area contributed by atoms with Gasteiger partial charge in [-0.25, -0.2) is 4.98 Å². The predicted molar refractivity (Wildman–Crippen MR) is 119 cm³/mol. The van der Waals surface area contributed by atoms with Crippen molar-refractivity contribution in [2.24, 2.45) is 23.2 Å². The number of amides is 1. The molecule has 1 aliphatic heterocycles. The first-order valence-corrected chi connectivity index (χ1v) is 11.8. The lowest BCUT2D eigenvalue weighted by Gasteiger charge is -2.51. The highest BCUT2D eigenvalue weighted by Crippen LogP contribution is 2.59. The molecule has 7 heteroatoms. The number of methoxy groups -OCH3 is 1. The molecule has 1 N–H and O–H groups in total. The summed E-state index contributed by atoms with van der Waals surface area (Å²) in [7, 11) is 1.60. The zero-order valence-electron chi connectivity index (χ0n) is 18.3. The monoisotopic (exact) mass is 440 g/mol. The molecule has 5 rings (SSSR count). The summed E-state index contributed by atoms with van der Waals surface area (Å²) in [6, 6.07) is 7.04. The quantitative estimate of drug-likeness (QED) is 0.703. The van der Waals surface area contributed by atoms with Crippen LogP contribution in [0.1, 0.15) is 60.5 Å². The largest absolute Gasteiger partial charge is 0.497 e. The molecule has 0 bridgehead atoms. The molecule has 31 heavy (non-hydrogen) atoms. The van der Waals surface area contributed by atoms with Crippen molar-refractivity contribution in [1.82, 2.24) is 4.98 Å². The first-order chi connectivity index (χ1) is 14.8. The van der Waals surface area contributed by atoms with Crippen LogP contribution in [0.5, 0.6) is 5.75 Å². The Morgan fingerprint density at radius 2 is 2.00 bits per heavy atom. The molecule has 1 aromatic heterocycles. The van der Waals surface area contributed by atoms with E-state index in [4.69, 9.17) is 14.5 Å².